The molecule has 0 radical (unpaired) electrons. The summed E-state index contributed by atoms with van der Waals surface area (Å²) in [6, 6.07) is -0.699. The van der Waals surface area contributed by atoms with Crippen LogP contribution in [0.15, 0.2) is 25.3 Å². The van der Waals surface area contributed by atoms with Crippen molar-refractivity contribution in [2.75, 3.05) is 0 Å². The summed E-state index contributed by atoms with van der Waals surface area (Å²) in [5.41, 5.74) is 0. The predicted octanol–water partition coefficient (Wildman–Crippen LogP) is -0.706. The molecule has 0 rings (SSSR count). The van der Waals surface area contributed by atoms with E-state index >= 15 is 0 Å². The highest BCUT2D eigenvalue weighted by Gasteiger charge is 2.06. The van der Waals surface area contributed by atoms with E-state index in [2.05, 4.69) is 23.8 Å². The third-order valence-electron chi connectivity index (χ3n) is 1.00. The topological polar surface area (TPSA) is 81.6 Å². The van der Waals surface area contributed by atoms with Gasteiger partial charge in [0.1, 0.15) is 12.5 Å². The van der Waals surface area contributed by atoms with Gasteiger partial charge in [0.2, 0.25) is 0 Å². The van der Waals surface area contributed by atoms with Gasteiger partial charge in [-0.05, 0) is 12.2 Å². The van der Waals surface area contributed by atoms with E-state index in [1.165, 1.54) is 0 Å². The lowest BCUT2D eigenvalue weighted by Gasteiger charge is -2.11. The van der Waals surface area contributed by atoms with Crippen LogP contribution in [0.25, 0.3) is 0 Å². The molecule has 0 aliphatic carbocycles. The Kier molecular flexibility index (Phi) is 4.75. The third-order valence-corrected chi connectivity index (χ3v) is 1.00. The molecule has 0 aromatic rings. The molecule has 0 fully saturated rings. The fourth-order valence-corrected chi connectivity index (χ4v) is 0.428. The van der Waals surface area contributed by atoms with Gasteiger partial charge in [0.25, 0.3) is 0 Å². The summed E-state index contributed by atoms with van der Waals surface area (Å²) in [5, 5.41) is 21.8. The lowest BCUT2D eigenvalue weighted by Crippen LogP contribution is -2.44. The second-order valence-electron chi connectivity index (χ2n) is 1.98. The van der Waals surface area contributed by atoms with Crippen LogP contribution in [-0.4, -0.2) is 28.7 Å². The van der Waals surface area contributed by atoms with Gasteiger partial charge in [0.15, 0.2) is 0 Å². The third kappa shape index (κ3) is 4.48. The lowest BCUT2D eigenvalue weighted by molar-refractivity contribution is 0.155. The van der Waals surface area contributed by atoms with Crippen LogP contribution in [0.2, 0.25) is 0 Å². The first kappa shape index (κ1) is 10.7. The number of carbonyl (C=O) groups is 1. The quantitative estimate of drug-likeness (QED) is 0.334. The number of amides is 2. The Morgan fingerprint density at radius 3 is 1.75 bits per heavy atom. The van der Waals surface area contributed by atoms with E-state index in [4.69, 9.17) is 10.2 Å². The molecule has 0 aliphatic heterocycles. The van der Waals surface area contributed by atoms with Crippen molar-refractivity contribution in [1.82, 2.24) is 10.6 Å². The molecule has 0 aliphatic rings. The minimum absolute atomic E-state index is 0.699. The van der Waals surface area contributed by atoms with Crippen LogP contribution in [-0.2, 0) is 0 Å². The maximum absolute atomic E-state index is 10.7. The highest BCUT2D eigenvalue weighted by Crippen LogP contribution is 1.80. The first-order valence-electron chi connectivity index (χ1n) is 3.28. The number of aliphatic hydroxyl groups is 2. The molecule has 0 bridgehead atoms. The number of hydrogen-bond acceptors (Lipinski definition) is 3. The summed E-state index contributed by atoms with van der Waals surface area (Å²) in [7, 11) is 0. The van der Waals surface area contributed by atoms with Crippen LogP contribution in [0.4, 0.5) is 4.79 Å². The van der Waals surface area contributed by atoms with Gasteiger partial charge in [-0.15, -0.1) is 0 Å². The highest BCUT2D eigenvalue weighted by molar-refractivity contribution is 5.74. The van der Waals surface area contributed by atoms with E-state index in [1.807, 2.05) is 0 Å². The van der Waals surface area contributed by atoms with E-state index in [-0.39, 0.29) is 0 Å². The van der Waals surface area contributed by atoms with Crippen LogP contribution in [0.5, 0.6) is 0 Å². The van der Waals surface area contributed by atoms with Crippen LogP contribution in [0.1, 0.15) is 0 Å². The molecule has 2 atom stereocenters. The molecule has 0 heterocycles. The number of rotatable bonds is 4. The zero-order chi connectivity index (χ0) is 9.56. The van der Waals surface area contributed by atoms with Gasteiger partial charge < -0.3 is 20.8 Å². The SMILES string of the molecule is C=CC(O)NC(=O)NC(O)C=C. The highest BCUT2D eigenvalue weighted by atomic mass is 16.3. The average molecular weight is 172 g/mol. The Bertz CT molecular complexity index is 163. The Balaban J connectivity index is 3.73. The smallest absolute Gasteiger partial charge is 0.319 e. The Labute approximate surface area is 70.4 Å². The molecule has 5 nitrogen and oxygen atoms in total. The first-order chi connectivity index (χ1) is 5.60. The molecule has 2 unspecified atom stereocenters. The molecule has 4 N–H and O–H groups in total. The number of carbonyl (C=O) groups excluding carboxylic acids is 1. The summed E-state index contributed by atoms with van der Waals surface area (Å²) >= 11 is 0. The van der Waals surface area contributed by atoms with Crippen molar-refractivity contribution in [2.45, 2.75) is 12.5 Å². The number of hydrogen-bond donors (Lipinski definition) is 4. The molecule has 0 aromatic heterocycles. The minimum atomic E-state index is -1.12. The second kappa shape index (κ2) is 5.34. The van der Waals surface area contributed by atoms with Crippen molar-refractivity contribution in [3.8, 4) is 0 Å². The molecule has 5 heteroatoms. The van der Waals surface area contributed by atoms with E-state index in [1.54, 1.807) is 0 Å². The zero-order valence-corrected chi connectivity index (χ0v) is 6.53. The van der Waals surface area contributed by atoms with Gasteiger partial charge in [0, 0.05) is 0 Å². The van der Waals surface area contributed by atoms with E-state index in [0.29, 0.717) is 0 Å². The van der Waals surface area contributed by atoms with Crippen LogP contribution in [0, 0.1) is 0 Å². The van der Waals surface area contributed by atoms with Gasteiger partial charge in [-0.2, -0.15) is 0 Å². The van der Waals surface area contributed by atoms with Crippen molar-refractivity contribution in [3.63, 3.8) is 0 Å². The summed E-state index contributed by atoms with van der Waals surface area (Å²) in [5.74, 6) is 0. The van der Waals surface area contributed by atoms with Crippen molar-refractivity contribution in [1.29, 1.82) is 0 Å². The summed E-state index contributed by atoms with van der Waals surface area (Å²) < 4.78 is 0. The standard InChI is InChI=1S/C7H12N2O3/c1-3-5(10)8-7(12)9-6(11)4-2/h3-6,10-11H,1-2H2,(H2,8,9,12). The van der Waals surface area contributed by atoms with Crippen LogP contribution < -0.4 is 10.6 Å². The Hall–Kier alpha value is -1.33. The number of nitrogens with one attached hydrogen (secondary N) is 2. The van der Waals surface area contributed by atoms with Crippen molar-refractivity contribution in [2.24, 2.45) is 0 Å². The Morgan fingerprint density at radius 1 is 1.17 bits per heavy atom. The molecule has 0 saturated carbocycles. The number of urea groups is 1. The minimum Gasteiger partial charge on any atom is -0.370 e. The first-order valence-corrected chi connectivity index (χ1v) is 3.28. The van der Waals surface area contributed by atoms with E-state index in [9.17, 15) is 4.79 Å². The second-order valence-corrected chi connectivity index (χ2v) is 1.98. The van der Waals surface area contributed by atoms with Gasteiger partial charge in [0.05, 0.1) is 0 Å². The average Bonchev–Trinajstić information content (AvgIpc) is 2.03. The van der Waals surface area contributed by atoms with Gasteiger partial charge >= 0.3 is 6.03 Å². The van der Waals surface area contributed by atoms with Crippen molar-refractivity contribution >= 4 is 6.03 Å². The van der Waals surface area contributed by atoms with Crippen LogP contribution >= 0.6 is 0 Å². The van der Waals surface area contributed by atoms with Gasteiger partial charge in [-0.3, -0.25) is 0 Å². The lowest BCUT2D eigenvalue weighted by atomic mass is 10.5. The summed E-state index contributed by atoms with van der Waals surface area (Å²) in [4.78, 5) is 10.7. The molecular formula is C7H12N2O3. The fourth-order valence-electron chi connectivity index (χ4n) is 0.428. The largest absolute Gasteiger partial charge is 0.370 e. The van der Waals surface area contributed by atoms with Crippen LogP contribution in [0.3, 0.4) is 0 Å². The molecule has 12 heavy (non-hydrogen) atoms. The monoisotopic (exact) mass is 172 g/mol. The summed E-state index contributed by atoms with van der Waals surface area (Å²) in [6.07, 6.45) is 0.0313. The molecule has 2 amide bonds. The Morgan fingerprint density at radius 2 is 1.50 bits per heavy atom. The maximum atomic E-state index is 10.7. The van der Waals surface area contributed by atoms with Crippen molar-refractivity contribution in [3.05, 3.63) is 25.3 Å². The van der Waals surface area contributed by atoms with E-state index < -0.39 is 18.5 Å². The normalized spacial score (nSPS) is 14.2. The predicted molar refractivity (Wildman–Crippen MR) is 44.1 cm³/mol. The van der Waals surface area contributed by atoms with E-state index in [0.717, 1.165) is 12.2 Å². The molecule has 0 aromatic carbocycles. The number of aliphatic hydroxyl groups excluding tert-OH is 2. The zero-order valence-electron chi connectivity index (χ0n) is 6.53. The van der Waals surface area contributed by atoms with Gasteiger partial charge in [-0.25, -0.2) is 4.79 Å². The molecule has 68 valence electrons. The van der Waals surface area contributed by atoms with Crippen molar-refractivity contribution < 1.29 is 15.0 Å². The molecule has 0 saturated heterocycles. The van der Waals surface area contributed by atoms with Gasteiger partial charge in [-0.1, -0.05) is 13.2 Å². The molecule has 0 spiro atoms. The fraction of sp³-hybridized carbons (Fsp3) is 0.286. The molecular weight excluding hydrogens is 160 g/mol. The maximum Gasteiger partial charge on any atom is 0.319 e. The summed E-state index contributed by atoms with van der Waals surface area (Å²) in [6.45, 7) is 6.48.